The highest BCUT2D eigenvalue weighted by atomic mass is 16.5. The lowest BCUT2D eigenvalue weighted by Gasteiger charge is -2.17. The molecule has 0 fully saturated rings. The molecule has 2 aromatic rings. The van der Waals surface area contributed by atoms with E-state index in [1.54, 1.807) is 6.26 Å². The van der Waals surface area contributed by atoms with Gasteiger partial charge >= 0.3 is 0 Å². The molecule has 1 amide bonds. The van der Waals surface area contributed by atoms with Gasteiger partial charge in [-0.25, -0.2) is 0 Å². The van der Waals surface area contributed by atoms with Crippen LogP contribution in [0, 0.1) is 0 Å². The van der Waals surface area contributed by atoms with Crippen LogP contribution in [0.15, 0.2) is 41.0 Å². The first-order valence-electron chi connectivity index (χ1n) is 8.35. The minimum Gasteiger partial charge on any atom is -0.490 e. The average molecular weight is 331 g/mol. The second-order valence-electron chi connectivity index (χ2n) is 5.44. The van der Waals surface area contributed by atoms with Crippen molar-refractivity contribution in [3.05, 3.63) is 47.9 Å². The summed E-state index contributed by atoms with van der Waals surface area (Å²) in [7, 11) is 0. The summed E-state index contributed by atoms with van der Waals surface area (Å²) in [5, 5.41) is 3.00. The summed E-state index contributed by atoms with van der Waals surface area (Å²) in [6.07, 6.45) is 2.61. The van der Waals surface area contributed by atoms with E-state index < -0.39 is 0 Å². The number of nitrogens with one attached hydrogen (secondary N) is 1. The van der Waals surface area contributed by atoms with Crippen molar-refractivity contribution in [3.8, 4) is 11.5 Å². The Morgan fingerprint density at radius 2 is 1.92 bits per heavy atom. The van der Waals surface area contributed by atoms with Crippen LogP contribution in [-0.4, -0.2) is 19.1 Å². The third kappa shape index (κ3) is 5.05. The number of hydrogen-bond donors (Lipinski definition) is 1. The molecule has 0 spiro atoms. The molecule has 1 unspecified atom stereocenters. The van der Waals surface area contributed by atoms with Gasteiger partial charge in [-0.1, -0.05) is 6.07 Å². The summed E-state index contributed by atoms with van der Waals surface area (Å²) in [5.74, 6) is 2.23. The van der Waals surface area contributed by atoms with E-state index in [9.17, 15) is 4.79 Å². The number of ether oxygens (including phenoxy) is 2. The second kappa shape index (κ2) is 9.01. The molecule has 0 bridgehead atoms. The van der Waals surface area contributed by atoms with Crippen molar-refractivity contribution in [2.45, 2.75) is 39.7 Å². The number of benzene rings is 1. The van der Waals surface area contributed by atoms with Gasteiger partial charge < -0.3 is 19.2 Å². The van der Waals surface area contributed by atoms with Gasteiger partial charge in [0, 0.05) is 12.8 Å². The predicted octanol–water partition coefficient (Wildman–Crippen LogP) is 3.89. The van der Waals surface area contributed by atoms with Gasteiger partial charge in [0.15, 0.2) is 11.5 Å². The lowest BCUT2D eigenvalue weighted by molar-refractivity contribution is -0.121. The number of furan rings is 1. The highest BCUT2D eigenvalue weighted by Gasteiger charge is 2.13. The van der Waals surface area contributed by atoms with Crippen molar-refractivity contribution in [1.29, 1.82) is 0 Å². The van der Waals surface area contributed by atoms with Gasteiger partial charge in [-0.3, -0.25) is 4.79 Å². The molecule has 1 aromatic heterocycles. The minimum atomic E-state index is -0.107. The van der Waals surface area contributed by atoms with Crippen molar-refractivity contribution in [2.75, 3.05) is 13.2 Å². The monoisotopic (exact) mass is 331 g/mol. The Balaban J connectivity index is 1.96. The van der Waals surface area contributed by atoms with Crippen LogP contribution < -0.4 is 14.8 Å². The van der Waals surface area contributed by atoms with E-state index in [4.69, 9.17) is 13.9 Å². The summed E-state index contributed by atoms with van der Waals surface area (Å²) in [6.45, 7) is 6.97. The van der Waals surface area contributed by atoms with Crippen LogP contribution in [0.3, 0.4) is 0 Å². The standard InChI is InChI=1S/C19H25NO4/c1-4-22-17-10-8-15(13-18(17)23-5-2)14(3)20-19(21)11-9-16-7-6-12-24-16/h6-8,10,12-14H,4-5,9,11H2,1-3H3,(H,20,21). The fraction of sp³-hybridized carbons (Fsp3) is 0.421. The maximum absolute atomic E-state index is 12.1. The lowest BCUT2D eigenvalue weighted by atomic mass is 10.1. The molecule has 0 aliphatic heterocycles. The van der Waals surface area contributed by atoms with Gasteiger partial charge in [0.25, 0.3) is 0 Å². The van der Waals surface area contributed by atoms with E-state index in [1.165, 1.54) is 0 Å². The van der Waals surface area contributed by atoms with Gasteiger partial charge in [0.05, 0.1) is 25.5 Å². The molecule has 5 heteroatoms. The molecule has 1 atom stereocenters. The molecule has 0 saturated carbocycles. The van der Waals surface area contributed by atoms with Crippen LogP contribution in [0.1, 0.15) is 44.6 Å². The highest BCUT2D eigenvalue weighted by molar-refractivity contribution is 5.76. The van der Waals surface area contributed by atoms with E-state index in [0.29, 0.717) is 31.8 Å². The molecule has 2 rings (SSSR count). The number of amides is 1. The van der Waals surface area contributed by atoms with Crippen molar-refractivity contribution in [1.82, 2.24) is 5.32 Å². The Kier molecular flexibility index (Phi) is 6.73. The van der Waals surface area contributed by atoms with Crippen LogP contribution in [0.4, 0.5) is 0 Å². The predicted molar refractivity (Wildman–Crippen MR) is 92.4 cm³/mol. The first-order chi connectivity index (χ1) is 11.6. The maximum Gasteiger partial charge on any atom is 0.220 e. The Hall–Kier alpha value is -2.43. The zero-order chi connectivity index (χ0) is 17.4. The van der Waals surface area contributed by atoms with Gasteiger partial charge in [-0.2, -0.15) is 0 Å². The maximum atomic E-state index is 12.1. The molecule has 0 radical (unpaired) electrons. The fourth-order valence-corrected chi connectivity index (χ4v) is 2.43. The van der Waals surface area contributed by atoms with Crippen LogP contribution in [0.5, 0.6) is 11.5 Å². The quantitative estimate of drug-likeness (QED) is 0.757. The molecule has 1 heterocycles. The molecular weight excluding hydrogens is 306 g/mol. The van der Waals surface area contributed by atoms with Gasteiger partial charge in [0.1, 0.15) is 5.76 Å². The number of aryl methyl sites for hydroxylation is 1. The van der Waals surface area contributed by atoms with Gasteiger partial charge in [-0.15, -0.1) is 0 Å². The summed E-state index contributed by atoms with van der Waals surface area (Å²) < 4.78 is 16.4. The van der Waals surface area contributed by atoms with Gasteiger partial charge in [0.2, 0.25) is 5.91 Å². The van der Waals surface area contributed by atoms with Crippen molar-refractivity contribution in [3.63, 3.8) is 0 Å². The lowest BCUT2D eigenvalue weighted by Crippen LogP contribution is -2.26. The van der Waals surface area contributed by atoms with Crippen molar-refractivity contribution >= 4 is 5.91 Å². The summed E-state index contributed by atoms with van der Waals surface area (Å²) in [5.41, 5.74) is 0.980. The smallest absolute Gasteiger partial charge is 0.220 e. The molecule has 5 nitrogen and oxygen atoms in total. The summed E-state index contributed by atoms with van der Waals surface area (Å²) in [4.78, 5) is 12.1. The van der Waals surface area contributed by atoms with Crippen LogP contribution in [-0.2, 0) is 11.2 Å². The SMILES string of the molecule is CCOc1ccc(C(C)NC(=O)CCc2ccco2)cc1OCC. The Morgan fingerprint density at radius 3 is 2.58 bits per heavy atom. The molecule has 1 N–H and O–H groups in total. The molecule has 0 aliphatic rings. The van der Waals surface area contributed by atoms with Crippen molar-refractivity contribution in [2.24, 2.45) is 0 Å². The zero-order valence-corrected chi connectivity index (χ0v) is 14.5. The first kappa shape index (κ1) is 17.9. The van der Waals surface area contributed by atoms with E-state index in [-0.39, 0.29) is 11.9 Å². The summed E-state index contributed by atoms with van der Waals surface area (Å²) >= 11 is 0. The molecule has 130 valence electrons. The van der Waals surface area contributed by atoms with E-state index in [1.807, 2.05) is 51.1 Å². The molecule has 1 aromatic carbocycles. The number of carbonyl (C=O) groups is 1. The number of hydrogen-bond acceptors (Lipinski definition) is 4. The van der Waals surface area contributed by atoms with E-state index in [2.05, 4.69) is 5.32 Å². The fourth-order valence-electron chi connectivity index (χ4n) is 2.43. The third-order valence-electron chi connectivity index (χ3n) is 3.62. The van der Waals surface area contributed by atoms with E-state index in [0.717, 1.165) is 17.1 Å². The Morgan fingerprint density at radius 1 is 1.17 bits per heavy atom. The Bertz CT molecular complexity index is 637. The van der Waals surface area contributed by atoms with E-state index >= 15 is 0 Å². The molecule has 24 heavy (non-hydrogen) atoms. The number of rotatable bonds is 9. The minimum absolute atomic E-state index is 0.00857. The molecular formula is C19H25NO4. The largest absolute Gasteiger partial charge is 0.490 e. The highest BCUT2D eigenvalue weighted by Crippen LogP contribution is 2.30. The Labute approximate surface area is 143 Å². The van der Waals surface area contributed by atoms with Crippen molar-refractivity contribution < 1.29 is 18.7 Å². The van der Waals surface area contributed by atoms with Gasteiger partial charge in [-0.05, 0) is 50.6 Å². The third-order valence-corrected chi connectivity index (χ3v) is 3.62. The van der Waals surface area contributed by atoms with Crippen LogP contribution in [0.25, 0.3) is 0 Å². The topological polar surface area (TPSA) is 60.7 Å². The van der Waals surface area contributed by atoms with Crippen LogP contribution >= 0.6 is 0 Å². The summed E-state index contributed by atoms with van der Waals surface area (Å²) in [6, 6.07) is 9.35. The number of carbonyl (C=O) groups excluding carboxylic acids is 1. The zero-order valence-electron chi connectivity index (χ0n) is 14.5. The average Bonchev–Trinajstić information content (AvgIpc) is 3.08. The second-order valence-corrected chi connectivity index (χ2v) is 5.44. The molecule has 0 aliphatic carbocycles. The van der Waals surface area contributed by atoms with Crippen LogP contribution in [0.2, 0.25) is 0 Å². The molecule has 0 saturated heterocycles. The first-order valence-corrected chi connectivity index (χ1v) is 8.35. The normalized spacial score (nSPS) is 11.8.